The number of hydrogen-bond donors (Lipinski definition) is 1. The van der Waals surface area contributed by atoms with Crippen LogP contribution in [0, 0.1) is 5.82 Å². The largest absolute Gasteiger partial charge is 0.345 e. The second-order valence-corrected chi connectivity index (χ2v) is 3.76. The van der Waals surface area contributed by atoms with E-state index < -0.39 is 5.82 Å². The van der Waals surface area contributed by atoms with Gasteiger partial charge >= 0.3 is 0 Å². The van der Waals surface area contributed by atoms with Gasteiger partial charge in [0.25, 0.3) is 0 Å². The van der Waals surface area contributed by atoms with Crippen molar-refractivity contribution in [2.75, 3.05) is 5.32 Å². The summed E-state index contributed by atoms with van der Waals surface area (Å²) in [4.78, 5) is 22.5. The highest BCUT2D eigenvalue weighted by molar-refractivity contribution is 5.90. The first-order chi connectivity index (χ1) is 8.63. The minimum atomic E-state index is -0.406. The van der Waals surface area contributed by atoms with Crippen LogP contribution in [-0.2, 0) is 11.3 Å². The number of hydrogen-bond acceptors (Lipinski definition) is 2. The van der Waals surface area contributed by atoms with Crippen LogP contribution < -0.4 is 10.7 Å². The van der Waals surface area contributed by atoms with E-state index in [4.69, 9.17) is 0 Å². The highest BCUT2D eigenvalue weighted by Crippen LogP contribution is 2.08. The molecule has 1 aromatic carbocycles. The predicted molar refractivity (Wildman–Crippen MR) is 65.7 cm³/mol. The van der Waals surface area contributed by atoms with E-state index >= 15 is 0 Å². The van der Waals surface area contributed by atoms with Gasteiger partial charge in [-0.15, -0.1) is 0 Å². The highest BCUT2D eigenvalue weighted by atomic mass is 19.1. The van der Waals surface area contributed by atoms with Crippen LogP contribution in [0.1, 0.15) is 0 Å². The number of anilines is 1. The number of nitrogens with zero attached hydrogens (tertiary/aromatic N) is 1. The van der Waals surface area contributed by atoms with Crippen LogP contribution in [0.3, 0.4) is 0 Å². The third kappa shape index (κ3) is 3.28. The number of nitrogens with one attached hydrogen (secondary N) is 1. The van der Waals surface area contributed by atoms with Crippen molar-refractivity contribution in [2.45, 2.75) is 6.54 Å². The third-order valence-electron chi connectivity index (χ3n) is 2.30. The van der Waals surface area contributed by atoms with Crippen molar-refractivity contribution in [3.05, 3.63) is 64.8 Å². The maximum Gasteiger partial charge on any atom is 0.244 e. The summed E-state index contributed by atoms with van der Waals surface area (Å²) >= 11 is 0. The Morgan fingerprint density at radius 2 is 1.94 bits per heavy atom. The minimum Gasteiger partial charge on any atom is -0.345 e. The first-order valence-electron chi connectivity index (χ1n) is 5.35. The summed E-state index contributed by atoms with van der Waals surface area (Å²) in [6.45, 7) is 0.0663. The normalized spacial score (nSPS) is 10.1. The summed E-state index contributed by atoms with van der Waals surface area (Å²) < 4.78 is 14.5. The van der Waals surface area contributed by atoms with Crippen LogP contribution in [0.15, 0.2) is 53.6 Å². The van der Waals surface area contributed by atoms with Crippen LogP contribution in [0.2, 0.25) is 0 Å². The standard InChI is InChI=1S/C13H11FN2O2/c14-10-2-1-3-11(8-10)15-13(18)9-16-6-4-12(17)5-7-16/h1-8H,9H2,(H,15,18). The lowest BCUT2D eigenvalue weighted by Gasteiger charge is -2.07. The number of aromatic nitrogens is 1. The zero-order chi connectivity index (χ0) is 13.0. The first kappa shape index (κ1) is 12.0. The molecule has 1 heterocycles. The lowest BCUT2D eigenvalue weighted by Crippen LogP contribution is -2.19. The van der Waals surface area contributed by atoms with Crippen LogP contribution in [0.4, 0.5) is 10.1 Å². The van der Waals surface area contributed by atoms with Gasteiger partial charge < -0.3 is 9.88 Å². The van der Waals surface area contributed by atoms with Gasteiger partial charge in [0.2, 0.25) is 5.91 Å². The molecule has 1 N–H and O–H groups in total. The van der Waals surface area contributed by atoms with Crippen molar-refractivity contribution >= 4 is 11.6 Å². The van der Waals surface area contributed by atoms with Gasteiger partial charge in [-0.1, -0.05) is 6.07 Å². The number of pyridine rings is 1. The molecule has 0 aliphatic carbocycles. The van der Waals surface area contributed by atoms with Gasteiger partial charge in [-0.2, -0.15) is 0 Å². The number of rotatable bonds is 3. The SMILES string of the molecule is O=C(Cn1ccc(=O)cc1)Nc1cccc(F)c1. The van der Waals surface area contributed by atoms with Gasteiger partial charge in [0.15, 0.2) is 5.43 Å². The molecule has 0 aliphatic heterocycles. The van der Waals surface area contributed by atoms with Crippen LogP contribution in [0.5, 0.6) is 0 Å². The van der Waals surface area contributed by atoms with E-state index in [1.807, 2.05) is 0 Å². The number of carbonyl (C=O) groups is 1. The van der Waals surface area contributed by atoms with E-state index in [1.165, 1.54) is 42.7 Å². The molecule has 1 aromatic heterocycles. The molecule has 0 saturated heterocycles. The molecular formula is C13H11FN2O2. The fraction of sp³-hybridized carbons (Fsp3) is 0.0769. The van der Waals surface area contributed by atoms with E-state index in [0.717, 1.165) is 0 Å². The molecule has 0 atom stereocenters. The fourth-order valence-electron chi connectivity index (χ4n) is 1.48. The van der Waals surface area contributed by atoms with Gasteiger partial charge in [-0.3, -0.25) is 9.59 Å². The zero-order valence-corrected chi connectivity index (χ0v) is 9.47. The number of benzene rings is 1. The molecule has 4 nitrogen and oxygen atoms in total. The zero-order valence-electron chi connectivity index (χ0n) is 9.47. The second-order valence-electron chi connectivity index (χ2n) is 3.76. The highest BCUT2D eigenvalue weighted by Gasteiger charge is 2.03. The Hall–Kier alpha value is -2.43. The van der Waals surface area contributed by atoms with Crippen LogP contribution in [-0.4, -0.2) is 10.5 Å². The van der Waals surface area contributed by atoms with E-state index in [0.29, 0.717) is 5.69 Å². The quantitative estimate of drug-likeness (QED) is 0.894. The lowest BCUT2D eigenvalue weighted by atomic mass is 10.3. The summed E-state index contributed by atoms with van der Waals surface area (Å²) in [5.41, 5.74) is 0.290. The van der Waals surface area contributed by atoms with Crippen molar-refractivity contribution in [1.29, 1.82) is 0 Å². The predicted octanol–water partition coefficient (Wildman–Crippen LogP) is 1.63. The van der Waals surface area contributed by atoms with Crippen molar-refractivity contribution in [3.8, 4) is 0 Å². The Balaban J connectivity index is 2.01. The van der Waals surface area contributed by atoms with E-state index in [9.17, 15) is 14.0 Å². The average molecular weight is 246 g/mol. The average Bonchev–Trinajstić information content (AvgIpc) is 2.32. The molecule has 2 rings (SSSR count). The number of carbonyl (C=O) groups excluding carboxylic acids is 1. The molecule has 18 heavy (non-hydrogen) atoms. The molecule has 0 bridgehead atoms. The Kier molecular flexibility index (Phi) is 3.52. The van der Waals surface area contributed by atoms with Gasteiger partial charge in [0, 0.05) is 30.2 Å². The van der Waals surface area contributed by atoms with Crippen molar-refractivity contribution in [3.63, 3.8) is 0 Å². The number of halogens is 1. The molecule has 0 fully saturated rings. The number of amides is 1. The summed E-state index contributed by atoms with van der Waals surface area (Å²) in [5.74, 6) is -0.694. The van der Waals surface area contributed by atoms with Crippen LogP contribution in [0.25, 0.3) is 0 Å². The molecule has 5 heteroatoms. The molecule has 0 saturated carbocycles. The fourth-order valence-corrected chi connectivity index (χ4v) is 1.48. The molecule has 2 aromatic rings. The van der Waals surface area contributed by atoms with Gasteiger partial charge in [0.1, 0.15) is 12.4 Å². The second kappa shape index (κ2) is 5.27. The summed E-state index contributed by atoms with van der Waals surface area (Å²) in [6, 6.07) is 8.41. The molecule has 92 valence electrons. The topological polar surface area (TPSA) is 51.1 Å². The van der Waals surface area contributed by atoms with Gasteiger partial charge in [-0.05, 0) is 18.2 Å². The molecule has 0 radical (unpaired) electrons. The maximum absolute atomic E-state index is 12.9. The summed E-state index contributed by atoms with van der Waals surface area (Å²) in [7, 11) is 0. The Morgan fingerprint density at radius 3 is 2.61 bits per heavy atom. The van der Waals surface area contributed by atoms with Crippen molar-refractivity contribution in [2.24, 2.45) is 0 Å². The minimum absolute atomic E-state index is 0.0663. The smallest absolute Gasteiger partial charge is 0.244 e. The Morgan fingerprint density at radius 1 is 1.22 bits per heavy atom. The maximum atomic E-state index is 12.9. The van der Waals surface area contributed by atoms with Gasteiger partial charge in [0.05, 0.1) is 0 Å². The summed E-state index contributed by atoms with van der Waals surface area (Å²) in [5, 5.41) is 2.57. The van der Waals surface area contributed by atoms with Gasteiger partial charge in [-0.25, -0.2) is 4.39 Å². The Labute approximate surface area is 103 Å². The summed E-state index contributed by atoms with van der Waals surface area (Å²) in [6.07, 6.45) is 3.04. The molecule has 0 spiro atoms. The van der Waals surface area contributed by atoms with Crippen molar-refractivity contribution in [1.82, 2.24) is 4.57 Å². The third-order valence-corrected chi connectivity index (χ3v) is 2.30. The molecule has 0 unspecified atom stereocenters. The molecule has 0 aliphatic rings. The first-order valence-corrected chi connectivity index (χ1v) is 5.35. The van der Waals surface area contributed by atoms with E-state index in [-0.39, 0.29) is 17.9 Å². The van der Waals surface area contributed by atoms with Crippen LogP contribution >= 0.6 is 0 Å². The van der Waals surface area contributed by atoms with E-state index in [1.54, 1.807) is 10.6 Å². The lowest BCUT2D eigenvalue weighted by molar-refractivity contribution is -0.116. The molecular weight excluding hydrogens is 235 g/mol. The monoisotopic (exact) mass is 246 g/mol. The Bertz CT molecular complexity index is 602. The van der Waals surface area contributed by atoms with E-state index in [2.05, 4.69) is 5.32 Å². The molecule has 1 amide bonds. The van der Waals surface area contributed by atoms with Crippen molar-refractivity contribution < 1.29 is 9.18 Å².